The molecule has 15 heavy (non-hydrogen) atoms. The van der Waals surface area contributed by atoms with Crippen molar-refractivity contribution in [2.45, 2.75) is 72.1 Å². The Morgan fingerprint density at radius 3 is 2.40 bits per heavy atom. The molecule has 2 unspecified atom stereocenters. The van der Waals surface area contributed by atoms with Crippen LogP contribution in [0.3, 0.4) is 0 Å². The highest BCUT2D eigenvalue weighted by Crippen LogP contribution is 2.51. The maximum absolute atomic E-state index is 2.49. The largest absolute Gasteiger partial charge is 0.0622 e. The average molecular weight is 207 g/mol. The van der Waals surface area contributed by atoms with Crippen molar-refractivity contribution in [2.75, 3.05) is 0 Å². The highest BCUT2D eigenvalue weighted by atomic mass is 14.4. The summed E-state index contributed by atoms with van der Waals surface area (Å²) < 4.78 is 0. The molecular weight excluding hydrogens is 180 g/mol. The van der Waals surface area contributed by atoms with E-state index < -0.39 is 0 Å². The van der Waals surface area contributed by atoms with Crippen LogP contribution < -0.4 is 0 Å². The number of rotatable bonds is 1. The van der Waals surface area contributed by atoms with E-state index in [4.69, 9.17) is 0 Å². The zero-order valence-corrected chi connectivity index (χ0v) is 10.8. The monoisotopic (exact) mass is 207 g/mol. The Bertz CT molecular complexity index is 204. The van der Waals surface area contributed by atoms with Crippen LogP contribution in [0.5, 0.6) is 0 Å². The summed E-state index contributed by atoms with van der Waals surface area (Å²) in [4.78, 5) is 0. The summed E-state index contributed by atoms with van der Waals surface area (Å²) in [6, 6.07) is 0. The van der Waals surface area contributed by atoms with Crippen LogP contribution in [0.25, 0.3) is 0 Å². The minimum atomic E-state index is 0.550. The maximum atomic E-state index is 2.49. The maximum Gasteiger partial charge on any atom is -0.0151 e. The molecule has 0 aliphatic heterocycles. The standard InChI is InChI=1S/C15H27/c1-12-8-4-5-9-13(12)14-10-6-7-11-15(14,2)3/h12-13H,4-11H2,1-3H3. The SMILES string of the molecule is CC1CCCCC1[C]1CCCCC1(C)C. The molecule has 0 bridgehead atoms. The second kappa shape index (κ2) is 4.47. The smallest absolute Gasteiger partial charge is 0.0151 e. The lowest BCUT2D eigenvalue weighted by Crippen LogP contribution is -2.35. The van der Waals surface area contributed by atoms with Crippen molar-refractivity contribution in [3.8, 4) is 0 Å². The fourth-order valence-corrected chi connectivity index (χ4v) is 3.90. The van der Waals surface area contributed by atoms with Gasteiger partial charge in [0, 0.05) is 0 Å². The Balaban J connectivity index is 2.06. The van der Waals surface area contributed by atoms with Crippen molar-refractivity contribution in [3.63, 3.8) is 0 Å². The van der Waals surface area contributed by atoms with E-state index in [1.54, 1.807) is 0 Å². The van der Waals surface area contributed by atoms with Gasteiger partial charge in [0.2, 0.25) is 0 Å². The Kier molecular flexibility index (Phi) is 3.42. The first kappa shape index (κ1) is 11.5. The lowest BCUT2D eigenvalue weighted by atomic mass is 9.59. The molecular formula is C15H27. The summed E-state index contributed by atoms with van der Waals surface area (Å²) in [5, 5.41) is 0. The van der Waals surface area contributed by atoms with Crippen molar-refractivity contribution in [3.05, 3.63) is 5.92 Å². The average Bonchev–Trinajstić information content (AvgIpc) is 2.19. The molecule has 2 rings (SSSR count). The highest BCUT2D eigenvalue weighted by molar-refractivity contribution is 5.10. The summed E-state index contributed by atoms with van der Waals surface area (Å²) >= 11 is 0. The molecule has 0 saturated heterocycles. The van der Waals surface area contributed by atoms with Gasteiger partial charge in [-0.2, -0.15) is 0 Å². The lowest BCUT2D eigenvalue weighted by Gasteiger charge is -2.46. The molecule has 87 valence electrons. The van der Waals surface area contributed by atoms with Crippen molar-refractivity contribution in [2.24, 2.45) is 17.3 Å². The molecule has 0 aromatic carbocycles. The van der Waals surface area contributed by atoms with Crippen LogP contribution >= 0.6 is 0 Å². The zero-order chi connectivity index (χ0) is 10.9. The molecule has 0 spiro atoms. The quantitative estimate of drug-likeness (QED) is 0.568. The van der Waals surface area contributed by atoms with E-state index in [0.717, 1.165) is 11.8 Å². The third-order valence-corrected chi connectivity index (χ3v) is 4.93. The third kappa shape index (κ3) is 2.40. The van der Waals surface area contributed by atoms with Crippen LogP contribution in [0.15, 0.2) is 0 Å². The van der Waals surface area contributed by atoms with Gasteiger partial charge in [-0.1, -0.05) is 52.9 Å². The predicted molar refractivity (Wildman–Crippen MR) is 66.6 cm³/mol. The van der Waals surface area contributed by atoms with Gasteiger partial charge in [-0.05, 0) is 42.4 Å². The van der Waals surface area contributed by atoms with Gasteiger partial charge in [0.1, 0.15) is 0 Å². The molecule has 2 atom stereocenters. The Morgan fingerprint density at radius 2 is 1.73 bits per heavy atom. The van der Waals surface area contributed by atoms with E-state index in [9.17, 15) is 0 Å². The molecule has 1 radical (unpaired) electrons. The minimum Gasteiger partial charge on any atom is -0.0622 e. The molecule has 0 aromatic heterocycles. The lowest BCUT2D eigenvalue weighted by molar-refractivity contribution is 0.161. The molecule has 0 N–H and O–H groups in total. The molecule has 2 aliphatic rings. The molecule has 0 heterocycles. The molecule has 0 heteroatoms. The Hall–Kier alpha value is 0. The van der Waals surface area contributed by atoms with Crippen molar-refractivity contribution in [1.29, 1.82) is 0 Å². The first-order chi connectivity index (χ1) is 7.11. The van der Waals surface area contributed by atoms with Crippen LogP contribution in [-0.2, 0) is 0 Å². The molecule has 2 aliphatic carbocycles. The molecule has 2 saturated carbocycles. The summed E-state index contributed by atoms with van der Waals surface area (Å²) in [5.41, 5.74) is 0.550. The summed E-state index contributed by atoms with van der Waals surface area (Å²) in [6.07, 6.45) is 11.7. The van der Waals surface area contributed by atoms with E-state index in [0.29, 0.717) is 5.41 Å². The predicted octanol–water partition coefficient (Wildman–Crippen LogP) is 4.99. The Labute approximate surface area is 95.8 Å². The van der Waals surface area contributed by atoms with E-state index in [1.807, 2.05) is 5.92 Å². The fourth-order valence-electron chi connectivity index (χ4n) is 3.90. The van der Waals surface area contributed by atoms with E-state index in [-0.39, 0.29) is 0 Å². The molecule has 2 fully saturated rings. The summed E-state index contributed by atoms with van der Waals surface area (Å²) in [5.74, 6) is 3.86. The van der Waals surface area contributed by atoms with Gasteiger partial charge in [-0.25, -0.2) is 0 Å². The van der Waals surface area contributed by atoms with E-state index in [1.165, 1.54) is 51.4 Å². The molecule has 0 aromatic rings. The molecule has 0 amide bonds. The number of hydrogen-bond donors (Lipinski definition) is 0. The first-order valence-corrected chi connectivity index (χ1v) is 6.97. The van der Waals surface area contributed by atoms with Crippen LogP contribution in [0.4, 0.5) is 0 Å². The highest BCUT2D eigenvalue weighted by Gasteiger charge is 2.40. The van der Waals surface area contributed by atoms with E-state index in [2.05, 4.69) is 20.8 Å². The topological polar surface area (TPSA) is 0 Å². The van der Waals surface area contributed by atoms with Gasteiger partial charge in [-0.15, -0.1) is 0 Å². The van der Waals surface area contributed by atoms with Gasteiger partial charge < -0.3 is 0 Å². The first-order valence-electron chi connectivity index (χ1n) is 6.97. The summed E-state index contributed by atoms with van der Waals surface area (Å²) in [6.45, 7) is 7.47. The van der Waals surface area contributed by atoms with Crippen molar-refractivity contribution in [1.82, 2.24) is 0 Å². The number of hydrogen-bond acceptors (Lipinski definition) is 0. The molecule has 0 nitrogen and oxygen atoms in total. The zero-order valence-electron chi connectivity index (χ0n) is 10.8. The third-order valence-electron chi connectivity index (χ3n) is 4.93. The van der Waals surface area contributed by atoms with Gasteiger partial charge in [0.25, 0.3) is 0 Å². The van der Waals surface area contributed by atoms with Crippen molar-refractivity contribution < 1.29 is 0 Å². The van der Waals surface area contributed by atoms with Crippen LogP contribution in [0.1, 0.15) is 72.1 Å². The van der Waals surface area contributed by atoms with Crippen LogP contribution in [0.2, 0.25) is 0 Å². The van der Waals surface area contributed by atoms with Gasteiger partial charge in [0.05, 0.1) is 0 Å². The Morgan fingerprint density at radius 1 is 1.00 bits per heavy atom. The van der Waals surface area contributed by atoms with Gasteiger partial charge >= 0.3 is 0 Å². The second-order valence-corrected chi connectivity index (χ2v) is 6.48. The van der Waals surface area contributed by atoms with Gasteiger partial charge in [0.15, 0.2) is 0 Å². The van der Waals surface area contributed by atoms with Gasteiger partial charge in [-0.3, -0.25) is 0 Å². The van der Waals surface area contributed by atoms with E-state index >= 15 is 0 Å². The normalized spacial score (nSPS) is 37.8. The minimum absolute atomic E-state index is 0.550. The summed E-state index contributed by atoms with van der Waals surface area (Å²) in [7, 11) is 0. The van der Waals surface area contributed by atoms with Crippen LogP contribution in [-0.4, -0.2) is 0 Å². The van der Waals surface area contributed by atoms with Crippen LogP contribution in [0, 0.1) is 23.2 Å². The second-order valence-electron chi connectivity index (χ2n) is 6.48. The van der Waals surface area contributed by atoms with Crippen molar-refractivity contribution >= 4 is 0 Å². The fraction of sp³-hybridized carbons (Fsp3) is 0.933.